The third-order valence-corrected chi connectivity index (χ3v) is 3.42. The van der Waals surface area contributed by atoms with Crippen molar-refractivity contribution in [2.45, 2.75) is 31.6 Å². The van der Waals surface area contributed by atoms with Gasteiger partial charge in [-0.3, -0.25) is 4.79 Å². The second kappa shape index (κ2) is 5.91. The Hall–Kier alpha value is -1.43. The Morgan fingerprint density at radius 2 is 2.15 bits per heavy atom. The number of aliphatic hydroxyl groups is 1. The molecule has 0 aromatic heterocycles. The topological polar surface area (TPSA) is 75.8 Å². The number of nitrogens with two attached hydrogens (primary N) is 1. The molecule has 1 aliphatic heterocycles. The maximum absolute atomic E-state index is 12.5. The maximum Gasteiger partial charge on any atom is 0.244 e. The molecule has 0 radical (unpaired) electrons. The molecule has 110 valence electrons. The van der Waals surface area contributed by atoms with Gasteiger partial charge < -0.3 is 20.5 Å². The monoisotopic (exact) mass is 278 g/mol. The normalized spacial score (nSPS) is 23.4. The Labute approximate surface area is 119 Å². The minimum absolute atomic E-state index is 0.103. The Morgan fingerprint density at radius 1 is 1.50 bits per heavy atom. The number of ether oxygens (including phenoxy) is 1. The lowest BCUT2D eigenvalue weighted by atomic mass is 10.0. The van der Waals surface area contributed by atoms with Crippen LogP contribution >= 0.6 is 0 Å². The molecule has 0 spiro atoms. The van der Waals surface area contributed by atoms with Crippen LogP contribution < -0.4 is 5.73 Å². The first-order valence-corrected chi connectivity index (χ1v) is 6.81. The van der Waals surface area contributed by atoms with Crippen molar-refractivity contribution in [2.24, 2.45) is 5.73 Å². The van der Waals surface area contributed by atoms with Gasteiger partial charge in [0, 0.05) is 13.1 Å². The molecule has 2 rings (SSSR count). The van der Waals surface area contributed by atoms with Gasteiger partial charge in [0.15, 0.2) is 0 Å². The molecule has 3 N–H and O–H groups in total. The summed E-state index contributed by atoms with van der Waals surface area (Å²) in [6.45, 7) is 4.56. The molecule has 1 aromatic rings. The van der Waals surface area contributed by atoms with E-state index in [2.05, 4.69) is 0 Å². The number of carbonyl (C=O) groups excluding carboxylic acids is 1. The molecule has 5 heteroatoms. The van der Waals surface area contributed by atoms with Crippen LogP contribution in [0.15, 0.2) is 30.3 Å². The molecule has 0 aliphatic carbocycles. The number of morpholine rings is 1. The van der Waals surface area contributed by atoms with Gasteiger partial charge in [-0.05, 0) is 19.4 Å². The molecule has 20 heavy (non-hydrogen) atoms. The van der Waals surface area contributed by atoms with Crippen LogP contribution in [0.2, 0.25) is 0 Å². The molecule has 1 heterocycles. The highest BCUT2D eigenvalue weighted by Gasteiger charge is 2.36. The van der Waals surface area contributed by atoms with Gasteiger partial charge in [-0.1, -0.05) is 30.3 Å². The molecule has 2 atom stereocenters. The predicted octanol–water partition coefficient (Wildman–Crippen LogP) is 0.685. The molecule has 0 saturated carbocycles. The number of hydrogen-bond acceptors (Lipinski definition) is 4. The van der Waals surface area contributed by atoms with E-state index >= 15 is 0 Å². The Kier molecular flexibility index (Phi) is 4.42. The van der Waals surface area contributed by atoms with Gasteiger partial charge in [-0.25, -0.2) is 0 Å². The lowest BCUT2D eigenvalue weighted by molar-refractivity contribution is -0.167. The van der Waals surface area contributed by atoms with E-state index in [1.165, 1.54) is 0 Å². The van der Waals surface area contributed by atoms with Crippen molar-refractivity contribution in [3.8, 4) is 0 Å². The first-order valence-electron chi connectivity index (χ1n) is 6.81. The first kappa shape index (κ1) is 15.0. The SMILES string of the molecule is CC1(C)CN(C(=O)[C@@H](N)c2ccccc2)CC(CO)O1. The number of benzene rings is 1. The van der Waals surface area contributed by atoms with Crippen LogP contribution in [0.1, 0.15) is 25.5 Å². The molecule has 1 fully saturated rings. The summed E-state index contributed by atoms with van der Waals surface area (Å²) in [5.41, 5.74) is 6.37. The highest BCUT2D eigenvalue weighted by molar-refractivity contribution is 5.83. The zero-order valence-electron chi connectivity index (χ0n) is 12.0. The number of nitrogens with zero attached hydrogens (tertiary/aromatic N) is 1. The fraction of sp³-hybridized carbons (Fsp3) is 0.533. The average Bonchev–Trinajstić information content (AvgIpc) is 2.44. The van der Waals surface area contributed by atoms with Gasteiger partial charge in [0.05, 0.1) is 18.3 Å². The fourth-order valence-corrected chi connectivity index (χ4v) is 2.56. The molecule has 1 saturated heterocycles. The highest BCUT2D eigenvalue weighted by Crippen LogP contribution is 2.23. The van der Waals surface area contributed by atoms with E-state index in [1.54, 1.807) is 4.90 Å². The fourth-order valence-electron chi connectivity index (χ4n) is 2.56. The molecule has 1 aromatic carbocycles. The van der Waals surface area contributed by atoms with Crippen molar-refractivity contribution in [1.29, 1.82) is 0 Å². The van der Waals surface area contributed by atoms with E-state index in [4.69, 9.17) is 10.5 Å². The van der Waals surface area contributed by atoms with Crippen molar-refractivity contribution in [3.63, 3.8) is 0 Å². The molecule has 5 nitrogen and oxygen atoms in total. The van der Waals surface area contributed by atoms with Gasteiger partial charge in [0.1, 0.15) is 6.04 Å². The number of aliphatic hydroxyl groups excluding tert-OH is 1. The Morgan fingerprint density at radius 3 is 2.75 bits per heavy atom. The number of rotatable bonds is 3. The summed E-state index contributed by atoms with van der Waals surface area (Å²) < 4.78 is 5.70. The number of hydrogen-bond donors (Lipinski definition) is 2. The van der Waals surface area contributed by atoms with Crippen LogP contribution in [-0.2, 0) is 9.53 Å². The smallest absolute Gasteiger partial charge is 0.244 e. The van der Waals surface area contributed by atoms with Crippen LogP contribution in [0, 0.1) is 0 Å². The lowest BCUT2D eigenvalue weighted by Gasteiger charge is -2.43. The molecule has 0 bridgehead atoms. The van der Waals surface area contributed by atoms with E-state index in [0.29, 0.717) is 13.1 Å². The summed E-state index contributed by atoms with van der Waals surface area (Å²) in [5.74, 6) is -0.133. The van der Waals surface area contributed by atoms with E-state index in [1.807, 2.05) is 44.2 Å². The van der Waals surface area contributed by atoms with Crippen LogP contribution in [0.4, 0.5) is 0 Å². The van der Waals surface area contributed by atoms with Crippen LogP contribution in [0.3, 0.4) is 0 Å². The van der Waals surface area contributed by atoms with Crippen LogP contribution in [0.5, 0.6) is 0 Å². The Bertz CT molecular complexity index is 461. The summed E-state index contributed by atoms with van der Waals surface area (Å²) in [6, 6.07) is 8.63. The second-order valence-corrected chi connectivity index (χ2v) is 5.79. The van der Waals surface area contributed by atoms with Crippen molar-refractivity contribution in [2.75, 3.05) is 19.7 Å². The van der Waals surface area contributed by atoms with Crippen molar-refractivity contribution in [1.82, 2.24) is 4.90 Å². The van der Waals surface area contributed by atoms with Crippen LogP contribution in [-0.4, -0.2) is 47.3 Å². The van der Waals surface area contributed by atoms with Gasteiger partial charge in [0.25, 0.3) is 0 Å². The van der Waals surface area contributed by atoms with E-state index in [0.717, 1.165) is 5.56 Å². The zero-order chi connectivity index (χ0) is 14.8. The number of amides is 1. The van der Waals surface area contributed by atoms with Crippen molar-refractivity contribution >= 4 is 5.91 Å². The van der Waals surface area contributed by atoms with Crippen LogP contribution in [0.25, 0.3) is 0 Å². The van der Waals surface area contributed by atoms with Gasteiger partial charge >= 0.3 is 0 Å². The maximum atomic E-state index is 12.5. The zero-order valence-corrected chi connectivity index (χ0v) is 12.0. The molecular weight excluding hydrogens is 256 g/mol. The summed E-state index contributed by atoms with van der Waals surface area (Å²) >= 11 is 0. The molecule has 1 amide bonds. The summed E-state index contributed by atoms with van der Waals surface area (Å²) in [7, 11) is 0. The first-order chi connectivity index (χ1) is 9.43. The standard InChI is InChI=1S/C15H22N2O3/c1-15(2)10-17(8-12(9-18)20-15)14(19)13(16)11-6-4-3-5-7-11/h3-7,12-13,18H,8-10,16H2,1-2H3/t12?,13-/m0/s1. The average molecular weight is 278 g/mol. The largest absolute Gasteiger partial charge is 0.394 e. The second-order valence-electron chi connectivity index (χ2n) is 5.79. The van der Waals surface area contributed by atoms with E-state index < -0.39 is 11.6 Å². The predicted molar refractivity (Wildman–Crippen MR) is 76.0 cm³/mol. The summed E-state index contributed by atoms with van der Waals surface area (Å²) in [5, 5.41) is 9.28. The minimum atomic E-state index is -0.676. The minimum Gasteiger partial charge on any atom is -0.394 e. The third kappa shape index (κ3) is 3.36. The third-order valence-electron chi connectivity index (χ3n) is 3.42. The van der Waals surface area contributed by atoms with E-state index in [-0.39, 0.29) is 18.6 Å². The lowest BCUT2D eigenvalue weighted by Crippen LogP contribution is -2.57. The van der Waals surface area contributed by atoms with E-state index in [9.17, 15) is 9.90 Å². The van der Waals surface area contributed by atoms with Crippen molar-refractivity contribution in [3.05, 3.63) is 35.9 Å². The van der Waals surface area contributed by atoms with Gasteiger partial charge in [-0.15, -0.1) is 0 Å². The summed E-state index contributed by atoms with van der Waals surface area (Å²) in [6.07, 6.45) is -0.356. The highest BCUT2D eigenvalue weighted by atomic mass is 16.5. The van der Waals surface area contributed by atoms with Crippen molar-refractivity contribution < 1.29 is 14.6 Å². The van der Waals surface area contributed by atoms with Gasteiger partial charge in [-0.2, -0.15) is 0 Å². The molecule has 1 aliphatic rings. The van der Waals surface area contributed by atoms with Gasteiger partial charge in [0.2, 0.25) is 5.91 Å². The summed E-state index contributed by atoms with van der Waals surface area (Å²) in [4.78, 5) is 14.2. The molecule has 1 unspecified atom stereocenters. The number of carbonyl (C=O) groups is 1. The molecular formula is C15H22N2O3. The quantitative estimate of drug-likeness (QED) is 0.852. The Balaban J connectivity index is 2.12.